The van der Waals surface area contributed by atoms with Crippen molar-refractivity contribution >= 4 is 29.3 Å². The Kier molecular flexibility index (Phi) is 5.73. The molecule has 2 atom stereocenters. The van der Waals surface area contributed by atoms with Crippen LogP contribution < -0.4 is 5.32 Å². The van der Waals surface area contributed by atoms with Gasteiger partial charge in [0.25, 0.3) is 5.91 Å². The number of carbonyl (C=O) groups is 1. The summed E-state index contributed by atoms with van der Waals surface area (Å²) >= 11 is 7.83. The molecule has 3 nitrogen and oxygen atoms in total. The minimum atomic E-state index is -0.0325. The molecule has 0 aliphatic heterocycles. The van der Waals surface area contributed by atoms with Gasteiger partial charge < -0.3 is 5.32 Å². The average Bonchev–Trinajstić information content (AvgIpc) is 2.47. The minimum Gasteiger partial charge on any atom is -0.348 e. The number of carbonyl (C=O) groups excluding carboxylic acids is 1. The Labute approximate surface area is 129 Å². The van der Waals surface area contributed by atoms with Gasteiger partial charge in [0.2, 0.25) is 0 Å². The van der Waals surface area contributed by atoms with Crippen LogP contribution in [-0.4, -0.2) is 28.4 Å². The Morgan fingerprint density at radius 3 is 2.90 bits per heavy atom. The number of thioether (sulfide) groups is 1. The van der Waals surface area contributed by atoms with Gasteiger partial charge in [-0.15, -0.1) is 0 Å². The van der Waals surface area contributed by atoms with Crippen LogP contribution in [0.15, 0.2) is 12.1 Å². The number of amides is 1. The number of hydrogen-bond acceptors (Lipinski definition) is 3. The molecule has 1 aromatic heterocycles. The van der Waals surface area contributed by atoms with E-state index in [0.29, 0.717) is 16.0 Å². The first-order chi connectivity index (χ1) is 9.63. The quantitative estimate of drug-likeness (QED) is 0.862. The van der Waals surface area contributed by atoms with Gasteiger partial charge in [-0.05, 0) is 37.7 Å². The molecule has 1 fully saturated rings. The lowest BCUT2D eigenvalue weighted by Gasteiger charge is -2.31. The van der Waals surface area contributed by atoms with Crippen molar-refractivity contribution < 1.29 is 4.79 Å². The van der Waals surface area contributed by atoms with Gasteiger partial charge in [0.15, 0.2) is 0 Å². The summed E-state index contributed by atoms with van der Waals surface area (Å²) in [6, 6.07) is 3.74. The third-order valence-corrected chi connectivity index (χ3v) is 5.16. The maximum Gasteiger partial charge on any atom is 0.251 e. The molecule has 0 bridgehead atoms. The summed E-state index contributed by atoms with van der Waals surface area (Å²) in [4.78, 5) is 16.6. The third kappa shape index (κ3) is 3.89. The summed E-state index contributed by atoms with van der Waals surface area (Å²) in [6.45, 7) is 2.01. The van der Waals surface area contributed by atoms with E-state index in [9.17, 15) is 4.79 Å². The van der Waals surface area contributed by atoms with Gasteiger partial charge in [-0.2, -0.15) is 11.8 Å². The van der Waals surface area contributed by atoms with Crippen LogP contribution in [0.3, 0.4) is 0 Å². The fraction of sp³-hybridized carbons (Fsp3) is 0.600. The molecule has 110 valence electrons. The van der Waals surface area contributed by atoms with Gasteiger partial charge >= 0.3 is 0 Å². The van der Waals surface area contributed by atoms with Gasteiger partial charge in [-0.1, -0.05) is 31.4 Å². The first-order valence-electron chi connectivity index (χ1n) is 7.14. The largest absolute Gasteiger partial charge is 0.348 e. The molecule has 1 saturated carbocycles. The highest BCUT2D eigenvalue weighted by molar-refractivity contribution is 7.99. The zero-order chi connectivity index (χ0) is 14.5. The fourth-order valence-corrected chi connectivity index (χ4v) is 3.82. The van der Waals surface area contributed by atoms with Gasteiger partial charge in [-0.3, -0.25) is 4.79 Å². The Balaban J connectivity index is 2.09. The van der Waals surface area contributed by atoms with E-state index in [2.05, 4.69) is 16.6 Å². The predicted molar refractivity (Wildman–Crippen MR) is 85.7 cm³/mol. The molecule has 2 unspecified atom stereocenters. The Morgan fingerprint density at radius 1 is 1.45 bits per heavy atom. The minimum absolute atomic E-state index is 0.0325. The fourth-order valence-electron chi connectivity index (χ4n) is 2.66. The van der Waals surface area contributed by atoms with E-state index in [-0.39, 0.29) is 11.9 Å². The molecule has 0 spiro atoms. The average molecular weight is 313 g/mol. The van der Waals surface area contributed by atoms with E-state index in [4.69, 9.17) is 11.6 Å². The molecule has 2 rings (SSSR count). The molecule has 1 aliphatic carbocycles. The van der Waals surface area contributed by atoms with Crippen molar-refractivity contribution in [2.75, 3.05) is 6.26 Å². The number of rotatable bonds is 4. The summed E-state index contributed by atoms with van der Waals surface area (Å²) in [5, 5.41) is 4.08. The van der Waals surface area contributed by atoms with Crippen LogP contribution in [0.4, 0.5) is 0 Å². The van der Waals surface area contributed by atoms with E-state index < -0.39 is 0 Å². The number of pyridine rings is 1. The van der Waals surface area contributed by atoms with Crippen molar-refractivity contribution in [1.82, 2.24) is 10.3 Å². The second kappa shape index (κ2) is 7.32. The second-order valence-corrected chi connectivity index (χ2v) is 6.63. The van der Waals surface area contributed by atoms with Gasteiger partial charge in [0, 0.05) is 22.5 Å². The third-order valence-electron chi connectivity index (χ3n) is 3.79. The van der Waals surface area contributed by atoms with Crippen molar-refractivity contribution in [3.05, 3.63) is 28.5 Å². The molecular formula is C15H21ClN2OS. The lowest BCUT2D eigenvalue weighted by atomic mass is 9.94. The Bertz CT molecular complexity index is 481. The molecule has 1 aromatic rings. The van der Waals surface area contributed by atoms with E-state index >= 15 is 0 Å². The molecule has 0 saturated heterocycles. The van der Waals surface area contributed by atoms with Crippen molar-refractivity contribution in [3.63, 3.8) is 0 Å². The first kappa shape index (κ1) is 15.6. The summed E-state index contributed by atoms with van der Waals surface area (Å²) < 4.78 is 0. The normalized spacial score (nSPS) is 22.6. The smallest absolute Gasteiger partial charge is 0.251 e. The standard InChI is InChI=1S/C15H21ClN2OS/c1-3-11-8-10(9-14(16)17-11)15(19)18-12-6-4-5-7-13(12)20-2/h8-9,12-13H,3-7H2,1-2H3,(H,18,19). The molecule has 1 heterocycles. The van der Waals surface area contributed by atoms with E-state index in [1.807, 2.05) is 24.8 Å². The van der Waals surface area contributed by atoms with Crippen molar-refractivity contribution in [3.8, 4) is 0 Å². The summed E-state index contributed by atoms with van der Waals surface area (Å²) in [5.74, 6) is -0.0325. The molecule has 1 amide bonds. The number of nitrogens with one attached hydrogen (secondary N) is 1. The van der Waals surface area contributed by atoms with Gasteiger partial charge in [-0.25, -0.2) is 4.98 Å². The van der Waals surface area contributed by atoms with E-state index in [0.717, 1.165) is 18.5 Å². The van der Waals surface area contributed by atoms with Gasteiger partial charge in [0.05, 0.1) is 0 Å². The zero-order valence-corrected chi connectivity index (χ0v) is 13.6. The number of aryl methyl sites for hydroxylation is 1. The van der Waals surface area contributed by atoms with Crippen LogP contribution in [0.5, 0.6) is 0 Å². The number of halogens is 1. The second-order valence-electron chi connectivity index (χ2n) is 5.16. The Hall–Kier alpha value is -0.740. The maximum absolute atomic E-state index is 12.4. The number of aromatic nitrogens is 1. The lowest BCUT2D eigenvalue weighted by Crippen LogP contribution is -2.43. The van der Waals surface area contributed by atoms with Crippen LogP contribution in [0.1, 0.15) is 48.7 Å². The van der Waals surface area contributed by atoms with Crippen molar-refractivity contribution in [2.24, 2.45) is 0 Å². The number of hydrogen-bond donors (Lipinski definition) is 1. The zero-order valence-electron chi connectivity index (χ0n) is 12.0. The van der Waals surface area contributed by atoms with Crippen molar-refractivity contribution in [2.45, 2.75) is 50.3 Å². The molecule has 1 N–H and O–H groups in total. The molecule has 20 heavy (non-hydrogen) atoms. The van der Waals surface area contributed by atoms with Crippen LogP contribution >= 0.6 is 23.4 Å². The van der Waals surface area contributed by atoms with Crippen LogP contribution in [-0.2, 0) is 6.42 Å². The van der Waals surface area contributed by atoms with Crippen LogP contribution in [0.2, 0.25) is 5.15 Å². The molecular weight excluding hydrogens is 292 g/mol. The molecule has 1 aliphatic rings. The van der Waals surface area contributed by atoms with Crippen LogP contribution in [0.25, 0.3) is 0 Å². The summed E-state index contributed by atoms with van der Waals surface area (Å²) in [6.07, 6.45) is 7.60. The predicted octanol–water partition coefficient (Wildman–Crippen LogP) is 3.70. The SMILES string of the molecule is CCc1cc(C(=O)NC2CCCCC2SC)cc(Cl)n1. The molecule has 0 radical (unpaired) electrons. The van der Waals surface area contributed by atoms with Gasteiger partial charge in [0.1, 0.15) is 5.15 Å². The highest BCUT2D eigenvalue weighted by atomic mass is 35.5. The maximum atomic E-state index is 12.4. The topological polar surface area (TPSA) is 42.0 Å². The lowest BCUT2D eigenvalue weighted by molar-refractivity contribution is 0.0929. The molecule has 0 aromatic carbocycles. The van der Waals surface area contributed by atoms with E-state index in [1.54, 1.807) is 6.07 Å². The molecule has 5 heteroatoms. The monoisotopic (exact) mass is 312 g/mol. The summed E-state index contributed by atoms with van der Waals surface area (Å²) in [5.41, 5.74) is 1.47. The van der Waals surface area contributed by atoms with Crippen molar-refractivity contribution in [1.29, 1.82) is 0 Å². The highest BCUT2D eigenvalue weighted by Gasteiger charge is 2.26. The first-order valence-corrected chi connectivity index (χ1v) is 8.80. The summed E-state index contributed by atoms with van der Waals surface area (Å²) in [7, 11) is 0. The van der Waals surface area contributed by atoms with Crippen LogP contribution in [0, 0.1) is 0 Å². The van der Waals surface area contributed by atoms with E-state index in [1.165, 1.54) is 19.3 Å². The highest BCUT2D eigenvalue weighted by Crippen LogP contribution is 2.27. The number of nitrogens with zero attached hydrogens (tertiary/aromatic N) is 1. The Morgan fingerprint density at radius 2 is 2.20 bits per heavy atom.